The Balaban J connectivity index is 1.65. The summed E-state index contributed by atoms with van der Waals surface area (Å²) in [5.41, 5.74) is 1.97. The molecule has 1 aliphatic heterocycles. The third-order valence-electron chi connectivity index (χ3n) is 7.35. The molecule has 0 amide bonds. The zero-order chi connectivity index (χ0) is 28.8. The second-order valence-corrected chi connectivity index (χ2v) is 10.8. The lowest BCUT2D eigenvalue weighted by atomic mass is 9.94. The van der Waals surface area contributed by atoms with E-state index in [-0.39, 0.29) is 23.4 Å². The van der Waals surface area contributed by atoms with E-state index in [0.717, 1.165) is 27.1 Å². The van der Waals surface area contributed by atoms with E-state index < -0.39 is 16.9 Å². The Morgan fingerprint density at radius 2 is 1.71 bits per heavy atom. The van der Waals surface area contributed by atoms with Gasteiger partial charge in [-0.25, -0.2) is 9.79 Å². The summed E-state index contributed by atoms with van der Waals surface area (Å²) in [6, 6.07) is 22.0. The van der Waals surface area contributed by atoms with Crippen LogP contribution in [0.4, 0.5) is 5.69 Å². The van der Waals surface area contributed by atoms with E-state index in [9.17, 15) is 19.7 Å². The number of aromatic nitrogens is 1. The molecule has 2 heterocycles. The monoisotopic (exact) mass is 563 g/mol. The molecular weight excluding hydrogens is 538 g/mol. The number of rotatable bonds is 5. The van der Waals surface area contributed by atoms with Crippen LogP contribution < -0.4 is 14.9 Å². The largest absolute Gasteiger partial charge is 0.463 e. The molecule has 1 atom stereocenters. The number of nitro benzene ring substituents is 1. The molecule has 1 aliphatic rings. The van der Waals surface area contributed by atoms with Gasteiger partial charge in [0.25, 0.3) is 11.2 Å². The maximum absolute atomic E-state index is 14.2. The van der Waals surface area contributed by atoms with Crippen molar-refractivity contribution in [3.63, 3.8) is 0 Å². The van der Waals surface area contributed by atoms with Gasteiger partial charge in [0.15, 0.2) is 4.80 Å². The van der Waals surface area contributed by atoms with Crippen molar-refractivity contribution in [1.29, 1.82) is 0 Å². The van der Waals surface area contributed by atoms with Crippen LogP contribution in [-0.2, 0) is 9.53 Å². The van der Waals surface area contributed by atoms with Crippen molar-refractivity contribution >= 4 is 50.6 Å². The summed E-state index contributed by atoms with van der Waals surface area (Å²) in [6.45, 7) is 5.17. The molecule has 0 N–H and O–H groups in total. The molecule has 8 nitrogen and oxygen atoms in total. The zero-order valence-corrected chi connectivity index (χ0v) is 23.4. The van der Waals surface area contributed by atoms with E-state index in [1.54, 1.807) is 32.9 Å². The molecule has 0 spiro atoms. The van der Waals surface area contributed by atoms with Crippen LogP contribution in [0.5, 0.6) is 0 Å². The van der Waals surface area contributed by atoms with E-state index in [4.69, 9.17) is 4.74 Å². The molecule has 204 valence electrons. The highest BCUT2D eigenvalue weighted by molar-refractivity contribution is 7.07. The Bertz CT molecular complexity index is 2070. The Labute approximate surface area is 238 Å². The second kappa shape index (κ2) is 10.3. The van der Waals surface area contributed by atoms with Crippen molar-refractivity contribution < 1.29 is 14.5 Å². The Kier molecular flexibility index (Phi) is 6.59. The molecule has 0 fully saturated rings. The number of carbonyl (C=O) groups is 1. The first kappa shape index (κ1) is 26.3. The number of hydrogen-bond donors (Lipinski definition) is 0. The van der Waals surface area contributed by atoms with E-state index in [1.807, 2.05) is 54.6 Å². The summed E-state index contributed by atoms with van der Waals surface area (Å²) >= 11 is 1.22. The molecular formula is C32H25N3O5S. The molecule has 4 aromatic carbocycles. The van der Waals surface area contributed by atoms with Crippen molar-refractivity contribution in [2.45, 2.75) is 26.8 Å². The van der Waals surface area contributed by atoms with Crippen LogP contribution in [0.25, 0.3) is 27.6 Å². The number of benzene rings is 4. The van der Waals surface area contributed by atoms with Crippen LogP contribution in [-0.4, -0.2) is 22.1 Å². The van der Waals surface area contributed by atoms with Gasteiger partial charge >= 0.3 is 5.97 Å². The number of aryl methyl sites for hydroxylation is 1. The minimum atomic E-state index is -0.934. The predicted molar refractivity (Wildman–Crippen MR) is 160 cm³/mol. The Morgan fingerprint density at radius 1 is 1.05 bits per heavy atom. The fraction of sp³-hybridized carbons (Fsp3) is 0.156. The molecule has 0 aliphatic carbocycles. The van der Waals surface area contributed by atoms with Crippen LogP contribution in [0, 0.1) is 17.0 Å². The first-order chi connectivity index (χ1) is 19.8. The summed E-state index contributed by atoms with van der Waals surface area (Å²) < 4.78 is 7.24. The van der Waals surface area contributed by atoms with Crippen molar-refractivity contribution in [3.8, 4) is 0 Å². The number of thiazole rings is 1. The fourth-order valence-electron chi connectivity index (χ4n) is 5.44. The van der Waals surface area contributed by atoms with E-state index >= 15 is 0 Å². The maximum Gasteiger partial charge on any atom is 0.338 e. The van der Waals surface area contributed by atoms with Crippen LogP contribution in [0.3, 0.4) is 0 Å². The van der Waals surface area contributed by atoms with Gasteiger partial charge in [0, 0.05) is 11.6 Å². The number of ether oxygens (including phenoxy) is 1. The van der Waals surface area contributed by atoms with Crippen molar-refractivity contribution in [3.05, 3.63) is 131 Å². The standard InChI is InChI=1S/C32H25N3O5S/c1-4-40-31(37)28-19(3)33-32-34(29(28)22-14-13-18(2)26(16-22)35(38)39)30(36)27(41-32)17-25-23-11-7-5-9-20(23)15-21-10-6-8-12-24(21)25/h5-17,29H,4H2,1-3H3/b27-17+/t29-/m1/s1. The number of fused-ring (bicyclic) bond motifs is 3. The van der Waals surface area contributed by atoms with E-state index in [0.29, 0.717) is 26.2 Å². The van der Waals surface area contributed by atoms with Gasteiger partial charge in [-0.15, -0.1) is 0 Å². The SMILES string of the molecule is CCOC(=O)C1=C(C)N=c2s/c(=C/c3c4ccccc4cc4ccccc34)c(=O)n2[C@@H]1c1ccc(C)c([N+](=O)[O-])c1. The van der Waals surface area contributed by atoms with E-state index in [1.165, 1.54) is 22.0 Å². The average molecular weight is 564 g/mol. The third-order valence-corrected chi connectivity index (χ3v) is 8.33. The molecule has 0 radical (unpaired) electrons. The number of allylic oxidation sites excluding steroid dienone is 1. The topological polar surface area (TPSA) is 104 Å². The molecule has 9 heteroatoms. The molecule has 0 unspecified atom stereocenters. The number of nitrogens with zero attached hydrogens (tertiary/aromatic N) is 3. The predicted octanol–water partition coefficient (Wildman–Crippen LogP) is 5.32. The number of nitro groups is 1. The zero-order valence-electron chi connectivity index (χ0n) is 22.6. The summed E-state index contributed by atoms with van der Waals surface area (Å²) in [5, 5.41) is 15.9. The van der Waals surface area contributed by atoms with Crippen molar-refractivity contribution in [2.24, 2.45) is 4.99 Å². The Hall–Kier alpha value is -4.89. The van der Waals surface area contributed by atoms with Crippen molar-refractivity contribution in [1.82, 2.24) is 4.57 Å². The first-order valence-electron chi connectivity index (χ1n) is 13.1. The van der Waals surface area contributed by atoms with Gasteiger partial charge in [-0.05, 0) is 65.6 Å². The van der Waals surface area contributed by atoms with Crippen LogP contribution in [0.15, 0.2) is 93.9 Å². The van der Waals surface area contributed by atoms with Gasteiger partial charge in [0.1, 0.15) is 0 Å². The Morgan fingerprint density at radius 3 is 2.34 bits per heavy atom. The summed E-state index contributed by atoms with van der Waals surface area (Å²) in [7, 11) is 0. The molecule has 6 rings (SSSR count). The molecule has 41 heavy (non-hydrogen) atoms. The molecule has 0 bridgehead atoms. The second-order valence-electron chi connectivity index (χ2n) is 9.84. The van der Waals surface area contributed by atoms with Gasteiger partial charge in [-0.1, -0.05) is 72.0 Å². The normalized spacial score (nSPS) is 15.2. The lowest BCUT2D eigenvalue weighted by Crippen LogP contribution is -2.40. The van der Waals surface area contributed by atoms with E-state index in [2.05, 4.69) is 11.1 Å². The fourth-order valence-corrected chi connectivity index (χ4v) is 6.46. The van der Waals surface area contributed by atoms with Gasteiger partial charge in [-0.2, -0.15) is 0 Å². The highest BCUT2D eigenvalue weighted by atomic mass is 32.1. The quantitative estimate of drug-likeness (QED) is 0.125. The van der Waals surface area contributed by atoms with Gasteiger partial charge in [0.05, 0.1) is 33.4 Å². The minimum absolute atomic E-state index is 0.0929. The van der Waals surface area contributed by atoms with Gasteiger partial charge in [-0.3, -0.25) is 19.5 Å². The first-order valence-corrected chi connectivity index (χ1v) is 13.9. The van der Waals surface area contributed by atoms with Crippen molar-refractivity contribution in [2.75, 3.05) is 6.61 Å². The minimum Gasteiger partial charge on any atom is -0.463 e. The highest BCUT2D eigenvalue weighted by Gasteiger charge is 2.34. The van der Waals surface area contributed by atoms with Gasteiger partial charge < -0.3 is 4.74 Å². The molecule has 1 aromatic heterocycles. The third kappa shape index (κ3) is 4.44. The highest BCUT2D eigenvalue weighted by Crippen LogP contribution is 2.34. The smallest absolute Gasteiger partial charge is 0.338 e. The summed E-state index contributed by atoms with van der Waals surface area (Å²) in [6.07, 6.45) is 1.88. The number of hydrogen-bond acceptors (Lipinski definition) is 7. The lowest BCUT2D eigenvalue weighted by molar-refractivity contribution is -0.385. The maximum atomic E-state index is 14.2. The van der Waals surface area contributed by atoms with Gasteiger partial charge in [0.2, 0.25) is 0 Å². The summed E-state index contributed by atoms with van der Waals surface area (Å²) in [5.74, 6) is -0.615. The van der Waals surface area contributed by atoms with Crippen LogP contribution in [0.2, 0.25) is 0 Å². The van der Waals surface area contributed by atoms with Crippen LogP contribution in [0.1, 0.15) is 36.6 Å². The molecule has 0 saturated carbocycles. The summed E-state index contributed by atoms with van der Waals surface area (Å²) in [4.78, 5) is 43.7. The average Bonchev–Trinajstić information content (AvgIpc) is 3.26. The lowest BCUT2D eigenvalue weighted by Gasteiger charge is -2.24. The number of esters is 1. The number of carbonyl (C=O) groups excluding carboxylic acids is 1. The van der Waals surface area contributed by atoms with Crippen LogP contribution >= 0.6 is 11.3 Å². The molecule has 0 saturated heterocycles. The molecule has 5 aromatic rings.